The van der Waals surface area contributed by atoms with Crippen LogP contribution >= 0.6 is 0 Å². The monoisotopic (exact) mass is 221 g/mol. The zero-order valence-electron chi connectivity index (χ0n) is 9.04. The standard InChI is InChI=1S/C12H12FNO2/c1-12(2,13)9-6-14-10-7(9)4-3-5-8(10)11(15)16/h3-6,14H,1-2H3,(H,15,16). The van der Waals surface area contributed by atoms with Crippen LogP contribution in [-0.4, -0.2) is 16.1 Å². The molecule has 2 aromatic rings. The third-order valence-corrected chi connectivity index (χ3v) is 2.59. The lowest BCUT2D eigenvalue weighted by Crippen LogP contribution is -2.07. The van der Waals surface area contributed by atoms with Crippen LogP contribution < -0.4 is 0 Å². The molecule has 0 spiro atoms. The maximum absolute atomic E-state index is 13.8. The molecule has 1 heterocycles. The molecule has 0 fully saturated rings. The quantitative estimate of drug-likeness (QED) is 0.818. The smallest absolute Gasteiger partial charge is 0.337 e. The van der Waals surface area contributed by atoms with E-state index in [-0.39, 0.29) is 5.56 Å². The largest absolute Gasteiger partial charge is 0.478 e. The van der Waals surface area contributed by atoms with E-state index in [9.17, 15) is 9.18 Å². The predicted octanol–water partition coefficient (Wildman–Crippen LogP) is 3.07. The van der Waals surface area contributed by atoms with Gasteiger partial charge in [-0.15, -0.1) is 0 Å². The molecule has 0 unspecified atom stereocenters. The zero-order chi connectivity index (χ0) is 11.9. The number of para-hydroxylation sites is 1. The van der Waals surface area contributed by atoms with Gasteiger partial charge in [0.15, 0.2) is 0 Å². The molecule has 0 atom stereocenters. The van der Waals surface area contributed by atoms with E-state index in [0.29, 0.717) is 16.5 Å². The van der Waals surface area contributed by atoms with Gasteiger partial charge in [-0.3, -0.25) is 0 Å². The summed E-state index contributed by atoms with van der Waals surface area (Å²) in [5, 5.41) is 9.60. The summed E-state index contributed by atoms with van der Waals surface area (Å²) in [6.07, 6.45) is 1.52. The molecule has 0 amide bonds. The summed E-state index contributed by atoms with van der Waals surface area (Å²) in [7, 11) is 0. The topological polar surface area (TPSA) is 53.1 Å². The molecule has 1 aromatic carbocycles. The van der Waals surface area contributed by atoms with Crippen LogP contribution in [0.5, 0.6) is 0 Å². The first kappa shape index (κ1) is 10.7. The number of fused-ring (bicyclic) bond motifs is 1. The molecule has 0 aliphatic rings. The molecule has 0 radical (unpaired) electrons. The van der Waals surface area contributed by atoms with Gasteiger partial charge in [0.05, 0.1) is 11.1 Å². The van der Waals surface area contributed by atoms with Crippen LogP contribution in [-0.2, 0) is 5.67 Å². The van der Waals surface area contributed by atoms with Gasteiger partial charge < -0.3 is 10.1 Å². The molecule has 0 aliphatic carbocycles. The minimum Gasteiger partial charge on any atom is -0.478 e. The molecule has 84 valence electrons. The van der Waals surface area contributed by atoms with Gasteiger partial charge in [-0.05, 0) is 19.9 Å². The summed E-state index contributed by atoms with van der Waals surface area (Å²) in [5.41, 5.74) is -0.385. The Morgan fingerprint density at radius 2 is 2.12 bits per heavy atom. The van der Waals surface area contributed by atoms with E-state index in [2.05, 4.69) is 4.98 Å². The number of hydrogen-bond donors (Lipinski definition) is 2. The van der Waals surface area contributed by atoms with Crippen molar-refractivity contribution in [3.63, 3.8) is 0 Å². The molecule has 0 bridgehead atoms. The van der Waals surface area contributed by atoms with Gasteiger partial charge in [0.1, 0.15) is 5.67 Å². The van der Waals surface area contributed by atoms with E-state index in [1.54, 1.807) is 12.1 Å². The van der Waals surface area contributed by atoms with E-state index in [1.165, 1.54) is 26.1 Å². The zero-order valence-corrected chi connectivity index (χ0v) is 9.04. The Hall–Kier alpha value is -1.84. The van der Waals surface area contributed by atoms with Crippen LogP contribution in [0.4, 0.5) is 4.39 Å². The number of aromatic amines is 1. The second-order valence-corrected chi connectivity index (χ2v) is 4.21. The Kier molecular flexibility index (Phi) is 2.22. The summed E-state index contributed by atoms with van der Waals surface area (Å²) >= 11 is 0. The van der Waals surface area contributed by atoms with Gasteiger partial charge >= 0.3 is 5.97 Å². The number of carboxylic acid groups (broad SMARTS) is 1. The fourth-order valence-corrected chi connectivity index (χ4v) is 1.82. The van der Waals surface area contributed by atoms with Crippen molar-refractivity contribution in [3.05, 3.63) is 35.5 Å². The van der Waals surface area contributed by atoms with Crippen LogP contribution in [0.15, 0.2) is 24.4 Å². The third kappa shape index (κ3) is 1.56. The number of aromatic nitrogens is 1. The first-order chi connectivity index (χ1) is 7.41. The van der Waals surface area contributed by atoms with Gasteiger partial charge in [-0.1, -0.05) is 12.1 Å². The lowest BCUT2D eigenvalue weighted by molar-refractivity contribution is 0.0699. The summed E-state index contributed by atoms with van der Waals surface area (Å²) in [5.74, 6) is -1.02. The molecular weight excluding hydrogens is 209 g/mol. The van der Waals surface area contributed by atoms with E-state index < -0.39 is 11.6 Å². The molecule has 4 heteroatoms. The minimum absolute atomic E-state index is 0.160. The van der Waals surface area contributed by atoms with Crippen molar-refractivity contribution < 1.29 is 14.3 Å². The van der Waals surface area contributed by atoms with Crippen molar-refractivity contribution in [1.82, 2.24) is 4.98 Å². The van der Waals surface area contributed by atoms with E-state index in [4.69, 9.17) is 5.11 Å². The molecule has 0 saturated carbocycles. The normalized spacial score (nSPS) is 11.9. The number of carbonyl (C=O) groups is 1. The van der Waals surface area contributed by atoms with Gasteiger partial charge in [0, 0.05) is 17.1 Å². The molecule has 16 heavy (non-hydrogen) atoms. The number of hydrogen-bond acceptors (Lipinski definition) is 1. The number of halogens is 1. The van der Waals surface area contributed by atoms with Gasteiger partial charge in [0.2, 0.25) is 0 Å². The molecule has 0 saturated heterocycles. The van der Waals surface area contributed by atoms with Gasteiger partial charge in [0.25, 0.3) is 0 Å². The highest BCUT2D eigenvalue weighted by molar-refractivity contribution is 6.03. The highest BCUT2D eigenvalue weighted by Crippen LogP contribution is 2.32. The average molecular weight is 221 g/mol. The Morgan fingerprint density at radius 3 is 2.69 bits per heavy atom. The van der Waals surface area contributed by atoms with Crippen LogP contribution in [0.1, 0.15) is 29.8 Å². The Labute approximate surface area is 91.9 Å². The highest BCUT2D eigenvalue weighted by atomic mass is 19.1. The molecule has 1 aromatic heterocycles. The summed E-state index contributed by atoms with van der Waals surface area (Å²) in [6, 6.07) is 4.83. The first-order valence-corrected chi connectivity index (χ1v) is 4.94. The van der Waals surface area contributed by atoms with Crippen LogP contribution in [0.25, 0.3) is 10.9 Å². The number of rotatable bonds is 2. The van der Waals surface area contributed by atoms with Gasteiger partial charge in [-0.25, -0.2) is 9.18 Å². The van der Waals surface area contributed by atoms with Crippen LogP contribution in [0.3, 0.4) is 0 Å². The second-order valence-electron chi connectivity index (χ2n) is 4.21. The molecule has 0 aliphatic heterocycles. The lowest BCUT2D eigenvalue weighted by atomic mass is 9.98. The Balaban J connectivity index is 2.76. The van der Waals surface area contributed by atoms with Gasteiger partial charge in [-0.2, -0.15) is 0 Å². The predicted molar refractivity (Wildman–Crippen MR) is 59.4 cm³/mol. The SMILES string of the molecule is CC(C)(F)c1c[nH]c2c(C(=O)O)cccc12. The molecule has 2 N–H and O–H groups in total. The van der Waals surface area contributed by atoms with E-state index >= 15 is 0 Å². The number of benzene rings is 1. The summed E-state index contributed by atoms with van der Waals surface area (Å²) in [6.45, 7) is 2.89. The minimum atomic E-state index is -1.49. The maximum atomic E-state index is 13.8. The molecule has 2 rings (SSSR count). The fraction of sp³-hybridized carbons (Fsp3) is 0.250. The summed E-state index contributed by atoms with van der Waals surface area (Å²) in [4.78, 5) is 13.8. The average Bonchev–Trinajstić information content (AvgIpc) is 2.59. The summed E-state index contributed by atoms with van der Waals surface area (Å²) < 4.78 is 13.8. The number of alkyl halides is 1. The second kappa shape index (κ2) is 3.33. The first-order valence-electron chi connectivity index (χ1n) is 4.94. The highest BCUT2D eigenvalue weighted by Gasteiger charge is 2.24. The number of carboxylic acids is 1. The third-order valence-electron chi connectivity index (χ3n) is 2.59. The maximum Gasteiger partial charge on any atom is 0.337 e. The lowest BCUT2D eigenvalue weighted by Gasteiger charge is -2.12. The van der Waals surface area contributed by atoms with Crippen molar-refractivity contribution in [1.29, 1.82) is 0 Å². The van der Waals surface area contributed by atoms with Crippen molar-refractivity contribution in [2.24, 2.45) is 0 Å². The molecule has 3 nitrogen and oxygen atoms in total. The number of aromatic carboxylic acids is 1. The number of nitrogens with one attached hydrogen (secondary N) is 1. The van der Waals surface area contributed by atoms with Crippen molar-refractivity contribution >= 4 is 16.9 Å². The Morgan fingerprint density at radius 1 is 1.44 bits per heavy atom. The number of H-pyrrole nitrogens is 1. The van der Waals surface area contributed by atoms with E-state index in [1.807, 2.05) is 0 Å². The van der Waals surface area contributed by atoms with Crippen molar-refractivity contribution in [2.75, 3.05) is 0 Å². The Bertz CT molecular complexity index is 552. The van der Waals surface area contributed by atoms with Crippen molar-refractivity contribution in [3.8, 4) is 0 Å². The van der Waals surface area contributed by atoms with Crippen molar-refractivity contribution in [2.45, 2.75) is 19.5 Å². The van der Waals surface area contributed by atoms with Crippen LogP contribution in [0.2, 0.25) is 0 Å². The fourth-order valence-electron chi connectivity index (χ4n) is 1.82. The molecular formula is C12H12FNO2. The van der Waals surface area contributed by atoms with Crippen LogP contribution in [0, 0.1) is 0 Å². The van der Waals surface area contributed by atoms with E-state index in [0.717, 1.165) is 0 Å².